The first-order valence-corrected chi connectivity index (χ1v) is 9.49. The molecule has 11 heteroatoms. The van der Waals surface area contributed by atoms with E-state index >= 15 is 0 Å². The van der Waals surface area contributed by atoms with Gasteiger partial charge in [-0.3, -0.25) is 33.3 Å². The molecule has 0 radical (unpaired) electrons. The van der Waals surface area contributed by atoms with E-state index in [2.05, 4.69) is 0 Å². The second-order valence-corrected chi connectivity index (χ2v) is 7.53. The first kappa shape index (κ1) is 19.5. The number of carbonyl (C=O) groups excluding carboxylic acids is 3. The van der Waals surface area contributed by atoms with Gasteiger partial charge in [0.05, 0.1) is 5.56 Å². The summed E-state index contributed by atoms with van der Waals surface area (Å²) >= 11 is 0. The van der Waals surface area contributed by atoms with Gasteiger partial charge < -0.3 is 8.83 Å². The van der Waals surface area contributed by atoms with Crippen molar-refractivity contribution in [2.75, 3.05) is 14.1 Å². The van der Waals surface area contributed by atoms with Crippen molar-refractivity contribution < 1.29 is 23.2 Å². The smallest absolute Gasteiger partial charge is 0.333 e. The summed E-state index contributed by atoms with van der Waals surface area (Å²) < 4.78 is 13.9. The topological polar surface area (TPSA) is 128 Å². The number of barbiturate groups is 1. The molecule has 0 N–H and O–H groups in total. The molecule has 5 rings (SSSR count). The molecule has 4 amide bonds. The monoisotopic (exact) mass is 436 g/mol. The largest absolute Gasteiger partial charge is 0.455 e. The Kier molecular flexibility index (Phi) is 3.85. The molecule has 1 aromatic heterocycles. The Bertz CT molecular complexity index is 1650. The number of fused-ring (bicyclic) bond motifs is 2. The van der Waals surface area contributed by atoms with Crippen molar-refractivity contribution in [3.05, 3.63) is 50.5 Å². The summed E-state index contributed by atoms with van der Waals surface area (Å²) in [5.41, 5.74) is -0.219. The molecule has 2 aromatic rings. The standard InChI is InChI=1S/C21H16N4O7/c1-22-16(26)14-9-8-12(15-17(27)23(2)20(29)24(3)18(15)28)31-10-6-5-7-11(13(9)10)32-19(14)25(4)21(22)30/h5-8H,1-4H3. The number of urea groups is 1. The van der Waals surface area contributed by atoms with Crippen molar-refractivity contribution in [1.82, 2.24) is 18.9 Å². The summed E-state index contributed by atoms with van der Waals surface area (Å²) in [6.07, 6.45) is 0. The van der Waals surface area contributed by atoms with Gasteiger partial charge >= 0.3 is 11.7 Å². The molecular weight excluding hydrogens is 420 g/mol. The fourth-order valence-corrected chi connectivity index (χ4v) is 3.93. The number of nitrogens with zero attached hydrogens (tertiary/aromatic N) is 4. The molecular formula is C21H16N4O7. The Balaban J connectivity index is 2.06. The van der Waals surface area contributed by atoms with Gasteiger partial charge in [0, 0.05) is 33.8 Å². The minimum absolute atomic E-state index is 0.0333. The molecule has 162 valence electrons. The number of aromatic nitrogens is 2. The highest BCUT2D eigenvalue weighted by Gasteiger charge is 2.39. The zero-order chi connectivity index (χ0) is 23.1. The Morgan fingerprint density at radius 1 is 0.781 bits per heavy atom. The zero-order valence-corrected chi connectivity index (χ0v) is 17.5. The second-order valence-electron chi connectivity index (χ2n) is 7.53. The molecule has 0 aliphatic carbocycles. The van der Waals surface area contributed by atoms with E-state index in [0.717, 1.165) is 14.4 Å². The third kappa shape index (κ3) is 2.32. The Morgan fingerprint density at radius 3 is 2.00 bits per heavy atom. The molecule has 0 bridgehead atoms. The summed E-state index contributed by atoms with van der Waals surface area (Å²) in [5, 5.41) is 0.0874. The maximum Gasteiger partial charge on any atom is 0.333 e. The van der Waals surface area contributed by atoms with Gasteiger partial charge in [0.25, 0.3) is 17.4 Å². The number of carbonyl (C=O) groups is 3. The predicted octanol–water partition coefficient (Wildman–Crippen LogP) is 0.163. The van der Waals surface area contributed by atoms with E-state index in [1.165, 1.54) is 38.8 Å². The normalized spacial score (nSPS) is 15.1. The summed E-state index contributed by atoms with van der Waals surface area (Å²) in [5.74, 6) is -1.66. The molecule has 1 saturated heterocycles. The maximum atomic E-state index is 13.0. The molecule has 0 atom stereocenters. The predicted molar refractivity (Wildman–Crippen MR) is 111 cm³/mol. The number of imide groups is 2. The molecule has 1 fully saturated rings. The van der Waals surface area contributed by atoms with E-state index in [1.54, 1.807) is 18.2 Å². The lowest BCUT2D eigenvalue weighted by Gasteiger charge is -2.28. The lowest BCUT2D eigenvalue weighted by atomic mass is 9.99. The number of benzene rings is 1. The minimum atomic E-state index is -0.829. The highest BCUT2D eigenvalue weighted by Crippen LogP contribution is 2.36. The van der Waals surface area contributed by atoms with Gasteiger partial charge in [0.15, 0.2) is 0 Å². The number of amides is 4. The van der Waals surface area contributed by atoms with Crippen LogP contribution in [0.5, 0.6) is 0 Å². The quantitative estimate of drug-likeness (QED) is 0.284. The van der Waals surface area contributed by atoms with Crippen LogP contribution in [-0.4, -0.2) is 50.9 Å². The van der Waals surface area contributed by atoms with Gasteiger partial charge in [0.2, 0.25) is 5.71 Å². The Morgan fingerprint density at radius 2 is 1.38 bits per heavy atom. The molecule has 0 saturated carbocycles. The van der Waals surface area contributed by atoms with Crippen molar-refractivity contribution in [3.8, 4) is 11.1 Å². The Hall–Kier alpha value is -4.41. The molecule has 1 aromatic carbocycles. The van der Waals surface area contributed by atoms with Crippen molar-refractivity contribution in [1.29, 1.82) is 0 Å². The average molecular weight is 436 g/mol. The summed E-state index contributed by atoms with van der Waals surface area (Å²) in [6.45, 7) is 0. The van der Waals surface area contributed by atoms with Crippen LogP contribution < -0.4 is 16.7 Å². The third-order valence-electron chi connectivity index (χ3n) is 5.70. The Labute approximate surface area is 178 Å². The minimum Gasteiger partial charge on any atom is -0.455 e. The first-order valence-electron chi connectivity index (χ1n) is 9.49. The van der Waals surface area contributed by atoms with E-state index < -0.39 is 29.1 Å². The van der Waals surface area contributed by atoms with Crippen molar-refractivity contribution in [3.63, 3.8) is 0 Å². The number of aryl methyl sites for hydroxylation is 1. The van der Waals surface area contributed by atoms with Crippen molar-refractivity contribution in [2.24, 2.45) is 14.1 Å². The van der Waals surface area contributed by atoms with Gasteiger partial charge in [-0.05, 0) is 18.2 Å². The summed E-state index contributed by atoms with van der Waals surface area (Å²) in [6, 6.07) is 5.51. The van der Waals surface area contributed by atoms with Crippen LogP contribution in [0.3, 0.4) is 0 Å². The number of rotatable bonds is 0. The molecule has 3 aliphatic heterocycles. The second kappa shape index (κ2) is 6.30. The third-order valence-corrected chi connectivity index (χ3v) is 5.70. The summed E-state index contributed by atoms with van der Waals surface area (Å²) in [4.78, 5) is 64.8. The van der Waals surface area contributed by atoms with Crippen molar-refractivity contribution >= 4 is 45.7 Å². The van der Waals surface area contributed by atoms with Crippen LogP contribution in [0.4, 0.5) is 4.79 Å². The fourth-order valence-electron chi connectivity index (χ4n) is 3.93. The van der Waals surface area contributed by atoms with E-state index in [4.69, 9.17) is 8.83 Å². The van der Waals surface area contributed by atoms with Gasteiger partial charge in [-0.2, -0.15) is 0 Å². The van der Waals surface area contributed by atoms with Gasteiger partial charge in [-0.25, -0.2) is 9.59 Å². The van der Waals surface area contributed by atoms with E-state index in [1.807, 2.05) is 0 Å². The van der Waals surface area contributed by atoms with Crippen LogP contribution in [0, 0.1) is 0 Å². The van der Waals surface area contributed by atoms with Gasteiger partial charge in [-0.15, -0.1) is 0 Å². The highest BCUT2D eigenvalue weighted by atomic mass is 16.4. The molecule has 11 nitrogen and oxygen atoms in total. The summed E-state index contributed by atoms with van der Waals surface area (Å²) in [7, 11) is 5.32. The molecule has 3 aliphatic rings. The fraction of sp³-hybridized carbons (Fsp3) is 0.190. The molecule has 4 heterocycles. The van der Waals surface area contributed by atoms with Crippen LogP contribution >= 0.6 is 0 Å². The van der Waals surface area contributed by atoms with E-state index in [9.17, 15) is 24.0 Å². The molecule has 0 spiro atoms. The van der Waals surface area contributed by atoms with Crippen LogP contribution in [-0.2, 0) is 23.7 Å². The van der Waals surface area contributed by atoms with Crippen LogP contribution in [0.1, 0.15) is 0 Å². The van der Waals surface area contributed by atoms with E-state index in [0.29, 0.717) is 16.7 Å². The highest BCUT2D eigenvalue weighted by molar-refractivity contribution is 6.45. The van der Waals surface area contributed by atoms with E-state index in [-0.39, 0.29) is 27.7 Å². The number of hydrogen-bond donors (Lipinski definition) is 0. The van der Waals surface area contributed by atoms with Crippen LogP contribution in [0.25, 0.3) is 39.0 Å². The van der Waals surface area contributed by atoms with Crippen molar-refractivity contribution in [2.45, 2.75) is 0 Å². The van der Waals surface area contributed by atoms with Crippen LogP contribution in [0.15, 0.2) is 42.7 Å². The van der Waals surface area contributed by atoms with Gasteiger partial charge in [0.1, 0.15) is 27.5 Å². The SMILES string of the molecule is CN1C(=O)C(=c2cc3c4c(=O)n(C)c(=O)n(C)c4oc4cccc(o2)c4-3)C(=O)N(C)C1=O. The van der Waals surface area contributed by atoms with Gasteiger partial charge in [-0.1, -0.05) is 6.07 Å². The first-order chi connectivity index (χ1) is 15.1. The molecule has 32 heavy (non-hydrogen) atoms. The molecule has 0 unspecified atom stereocenters. The lowest BCUT2D eigenvalue weighted by molar-refractivity contribution is -0.131. The average Bonchev–Trinajstić information content (AvgIpc) is 2.78. The van der Waals surface area contributed by atoms with Crippen LogP contribution in [0.2, 0.25) is 0 Å². The maximum absolute atomic E-state index is 13.0. The zero-order valence-electron chi connectivity index (χ0n) is 17.5. The number of hydrogen-bond acceptors (Lipinski definition) is 7. The lowest BCUT2D eigenvalue weighted by Crippen LogP contribution is -2.53.